The number of imidazole rings is 1. The third-order valence-electron chi connectivity index (χ3n) is 3.49. The Bertz CT molecular complexity index is 1130. The summed E-state index contributed by atoms with van der Waals surface area (Å²) in [6.45, 7) is 0. The lowest BCUT2D eigenvalue weighted by Crippen LogP contribution is -1.87. The van der Waals surface area contributed by atoms with E-state index >= 15 is 0 Å². The van der Waals surface area contributed by atoms with Crippen LogP contribution in [0, 0.1) is 22.7 Å². The Morgan fingerprint density at radius 1 is 1.14 bits per heavy atom. The van der Waals surface area contributed by atoms with E-state index in [1.807, 2.05) is 6.26 Å². The number of aromatic nitrogens is 4. The molecule has 0 bridgehead atoms. The molecule has 0 atom stereocenters. The fourth-order valence-electron chi connectivity index (χ4n) is 2.11. The molecule has 12 heteroatoms. The van der Waals surface area contributed by atoms with Crippen LogP contribution in [-0.2, 0) is 7.05 Å². The van der Waals surface area contributed by atoms with E-state index in [-0.39, 0.29) is 28.8 Å². The molecular formula is C16H12N10OS. The number of H-pyrrole nitrogens is 1. The van der Waals surface area contributed by atoms with Crippen molar-refractivity contribution < 1.29 is 5.11 Å². The molecule has 0 fully saturated rings. The molecule has 3 aromatic rings. The molecule has 2 aromatic heterocycles. The number of hydrogen-bond donors (Lipinski definition) is 2. The first-order valence-corrected chi connectivity index (χ1v) is 8.91. The second-order valence-corrected chi connectivity index (χ2v) is 6.08. The van der Waals surface area contributed by atoms with Gasteiger partial charge in [0, 0.05) is 18.0 Å². The van der Waals surface area contributed by atoms with Crippen LogP contribution in [0.2, 0.25) is 0 Å². The average molecular weight is 392 g/mol. The van der Waals surface area contributed by atoms with Gasteiger partial charge in [-0.15, -0.1) is 32.2 Å². The van der Waals surface area contributed by atoms with Crippen LogP contribution in [-0.4, -0.2) is 31.1 Å². The molecule has 0 aliphatic rings. The number of benzene rings is 1. The van der Waals surface area contributed by atoms with Crippen LogP contribution >= 0.6 is 11.8 Å². The summed E-state index contributed by atoms with van der Waals surface area (Å²) in [5, 5.41) is 48.2. The minimum absolute atomic E-state index is 0.0101. The van der Waals surface area contributed by atoms with Crippen molar-refractivity contribution in [2.75, 3.05) is 6.26 Å². The van der Waals surface area contributed by atoms with Gasteiger partial charge in [-0.3, -0.25) is 0 Å². The van der Waals surface area contributed by atoms with Gasteiger partial charge < -0.3 is 10.1 Å². The molecule has 28 heavy (non-hydrogen) atoms. The number of thioether (sulfide) groups is 1. The van der Waals surface area contributed by atoms with E-state index < -0.39 is 0 Å². The fourth-order valence-corrected chi connectivity index (χ4v) is 2.65. The summed E-state index contributed by atoms with van der Waals surface area (Å²) in [7, 11) is 1.74. The molecule has 2 N–H and O–H groups in total. The monoisotopic (exact) mass is 392 g/mol. The van der Waals surface area contributed by atoms with Crippen molar-refractivity contribution in [2.45, 2.75) is 4.90 Å². The minimum atomic E-state index is -0.111. The molecule has 0 aliphatic heterocycles. The Balaban J connectivity index is 1.94. The van der Waals surface area contributed by atoms with Gasteiger partial charge in [0.2, 0.25) is 5.95 Å². The molecule has 0 saturated carbocycles. The number of phenols is 1. The number of nitrogens with one attached hydrogen (secondary N) is 1. The van der Waals surface area contributed by atoms with Gasteiger partial charge in [0.05, 0.1) is 6.20 Å². The Morgan fingerprint density at radius 2 is 1.93 bits per heavy atom. The van der Waals surface area contributed by atoms with Crippen molar-refractivity contribution in [1.29, 1.82) is 10.5 Å². The zero-order valence-electron chi connectivity index (χ0n) is 14.7. The van der Waals surface area contributed by atoms with Crippen LogP contribution in [0.4, 0.5) is 23.1 Å². The predicted molar refractivity (Wildman–Crippen MR) is 99.5 cm³/mol. The topological polar surface area (TPSA) is 164 Å². The smallest absolute Gasteiger partial charge is 0.249 e. The van der Waals surface area contributed by atoms with Crippen LogP contribution in [0.25, 0.3) is 0 Å². The van der Waals surface area contributed by atoms with Crippen LogP contribution in [0.15, 0.2) is 49.7 Å². The predicted octanol–water partition coefficient (Wildman–Crippen LogP) is 4.14. The first-order chi connectivity index (χ1) is 13.5. The van der Waals surface area contributed by atoms with Gasteiger partial charge >= 0.3 is 0 Å². The van der Waals surface area contributed by atoms with Gasteiger partial charge in [0.25, 0.3) is 0 Å². The standard InChI is InChI=1S/C16H12N10OS/c1-26-15(3-4-19-26)24-23-10-5-9(13(27)6-14(10)28-2)22-25-16-20-11(7-17)12(8-18)21-16/h3-6,27H,1-2H3,(H,20,21)/b24-23+,25-22+. The number of aromatic hydroxyl groups is 1. The lowest BCUT2D eigenvalue weighted by atomic mass is 10.2. The highest BCUT2D eigenvalue weighted by atomic mass is 32.2. The van der Waals surface area contributed by atoms with Crippen LogP contribution in [0.5, 0.6) is 5.75 Å². The molecule has 0 spiro atoms. The van der Waals surface area contributed by atoms with E-state index in [1.54, 1.807) is 36.1 Å². The van der Waals surface area contributed by atoms with Crippen LogP contribution < -0.4 is 0 Å². The zero-order chi connectivity index (χ0) is 20.1. The highest BCUT2D eigenvalue weighted by Crippen LogP contribution is 2.39. The molecule has 2 heterocycles. The maximum Gasteiger partial charge on any atom is 0.249 e. The van der Waals surface area contributed by atoms with E-state index in [9.17, 15) is 5.11 Å². The molecule has 1 aromatic carbocycles. The molecule has 0 amide bonds. The lowest BCUT2D eigenvalue weighted by Gasteiger charge is -2.05. The summed E-state index contributed by atoms with van der Waals surface area (Å²) >= 11 is 1.39. The summed E-state index contributed by atoms with van der Waals surface area (Å²) in [6.07, 6.45) is 3.45. The van der Waals surface area contributed by atoms with E-state index in [4.69, 9.17) is 10.5 Å². The normalized spacial score (nSPS) is 11.1. The largest absolute Gasteiger partial charge is 0.506 e. The molecule has 11 nitrogen and oxygen atoms in total. The Morgan fingerprint density at radius 3 is 2.54 bits per heavy atom. The van der Waals surface area contributed by atoms with E-state index in [0.29, 0.717) is 16.4 Å². The third kappa shape index (κ3) is 3.87. The SMILES string of the molecule is CSc1cc(O)c(/N=N/c2nc(C#N)c(C#N)[nH]2)cc1/N=N/c1ccnn1C. The van der Waals surface area contributed by atoms with Crippen molar-refractivity contribution in [3.05, 3.63) is 35.8 Å². The average Bonchev–Trinajstić information content (AvgIpc) is 3.30. The van der Waals surface area contributed by atoms with E-state index in [2.05, 4.69) is 35.5 Å². The third-order valence-corrected chi connectivity index (χ3v) is 4.26. The van der Waals surface area contributed by atoms with Gasteiger partial charge in [0.15, 0.2) is 17.2 Å². The van der Waals surface area contributed by atoms with Gasteiger partial charge in [-0.2, -0.15) is 20.6 Å². The summed E-state index contributed by atoms with van der Waals surface area (Å²) in [5.74, 6) is 0.423. The quantitative estimate of drug-likeness (QED) is 0.489. The van der Waals surface area contributed by atoms with Crippen molar-refractivity contribution >= 4 is 34.9 Å². The Labute approximate surface area is 163 Å². The van der Waals surface area contributed by atoms with Gasteiger partial charge in [-0.05, 0) is 18.4 Å². The second-order valence-electron chi connectivity index (χ2n) is 5.23. The van der Waals surface area contributed by atoms with Crippen molar-refractivity contribution in [3.63, 3.8) is 0 Å². The molecule has 138 valence electrons. The maximum atomic E-state index is 10.2. The Kier molecular flexibility index (Phi) is 5.43. The van der Waals surface area contributed by atoms with Crippen LogP contribution in [0.3, 0.4) is 0 Å². The number of nitrogens with zero attached hydrogens (tertiary/aromatic N) is 9. The number of nitriles is 2. The number of aryl methyl sites for hydroxylation is 1. The van der Waals surface area contributed by atoms with E-state index in [0.717, 1.165) is 0 Å². The molecule has 3 rings (SSSR count). The number of hydrogen-bond acceptors (Lipinski definition) is 10. The molecule has 0 saturated heterocycles. The summed E-state index contributed by atoms with van der Waals surface area (Å²) in [5.41, 5.74) is 0.522. The molecular weight excluding hydrogens is 380 g/mol. The summed E-state index contributed by atoms with van der Waals surface area (Å²) < 4.78 is 1.57. The molecule has 0 radical (unpaired) electrons. The fraction of sp³-hybridized carbons (Fsp3) is 0.125. The summed E-state index contributed by atoms with van der Waals surface area (Å²) in [6, 6.07) is 8.31. The number of azo groups is 2. The molecule has 0 aliphatic carbocycles. The first-order valence-electron chi connectivity index (χ1n) is 7.68. The lowest BCUT2D eigenvalue weighted by molar-refractivity contribution is 0.475. The second kappa shape index (κ2) is 8.11. The maximum absolute atomic E-state index is 10.2. The molecule has 0 unspecified atom stereocenters. The number of aromatic amines is 1. The highest BCUT2D eigenvalue weighted by molar-refractivity contribution is 7.98. The zero-order valence-corrected chi connectivity index (χ0v) is 15.5. The van der Waals surface area contributed by atoms with Gasteiger partial charge in [0.1, 0.15) is 29.3 Å². The summed E-state index contributed by atoms with van der Waals surface area (Å²) in [4.78, 5) is 7.10. The van der Waals surface area contributed by atoms with Crippen LogP contribution in [0.1, 0.15) is 11.4 Å². The van der Waals surface area contributed by atoms with Crippen molar-refractivity contribution in [2.24, 2.45) is 27.5 Å². The van der Waals surface area contributed by atoms with Crippen molar-refractivity contribution in [3.8, 4) is 17.9 Å². The van der Waals surface area contributed by atoms with E-state index in [1.165, 1.54) is 23.9 Å². The van der Waals surface area contributed by atoms with Gasteiger partial charge in [-0.1, -0.05) is 0 Å². The number of rotatable bonds is 5. The highest BCUT2D eigenvalue weighted by Gasteiger charge is 2.11. The minimum Gasteiger partial charge on any atom is -0.506 e. The van der Waals surface area contributed by atoms with Gasteiger partial charge in [-0.25, -0.2) is 4.68 Å². The first kappa shape index (κ1) is 18.8. The Hall–Kier alpha value is -4.03. The number of phenolic OH excluding ortho intramolecular Hbond substituents is 1. The van der Waals surface area contributed by atoms with Crippen molar-refractivity contribution in [1.82, 2.24) is 19.7 Å².